The maximum absolute atomic E-state index is 13.0. The van der Waals surface area contributed by atoms with Gasteiger partial charge in [0.2, 0.25) is 10.0 Å². The average Bonchev–Trinajstić information content (AvgIpc) is 2.35. The van der Waals surface area contributed by atoms with Gasteiger partial charge in [0, 0.05) is 6.07 Å². The molecule has 106 valence electrons. The smallest absolute Gasteiger partial charge is 0.238 e. The summed E-state index contributed by atoms with van der Waals surface area (Å²) in [7, 11) is -3.84. The highest BCUT2D eigenvalue weighted by atomic mass is 35.5. The lowest BCUT2D eigenvalue weighted by Gasteiger charge is -2.09. The number of primary sulfonamides is 1. The van der Waals surface area contributed by atoms with E-state index in [1.165, 1.54) is 24.3 Å². The largest absolute Gasteiger partial charge is 0.456 e. The first-order chi connectivity index (χ1) is 9.27. The number of hydrogen-bond acceptors (Lipinski definition) is 3. The molecule has 0 heterocycles. The molecule has 20 heavy (non-hydrogen) atoms. The molecule has 0 unspecified atom stereocenters. The molecule has 0 radical (unpaired) electrons. The SMILES string of the molecule is NS(=O)(=O)c1ccc(Oc2ccc(F)c(Cl)c2)c(Cl)c1. The molecule has 2 rings (SSSR count). The van der Waals surface area contributed by atoms with E-state index in [4.69, 9.17) is 33.1 Å². The molecule has 0 aromatic heterocycles. The van der Waals surface area contributed by atoms with Crippen LogP contribution in [-0.2, 0) is 10.0 Å². The summed E-state index contributed by atoms with van der Waals surface area (Å²) >= 11 is 11.5. The van der Waals surface area contributed by atoms with Crippen molar-refractivity contribution in [3.05, 3.63) is 52.3 Å². The van der Waals surface area contributed by atoms with Crippen LogP contribution in [0.15, 0.2) is 41.3 Å². The molecule has 8 heteroatoms. The Morgan fingerprint density at radius 1 is 1.05 bits per heavy atom. The molecule has 0 fully saturated rings. The zero-order valence-electron chi connectivity index (χ0n) is 9.81. The predicted molar refractivity (Wildman–Crippen MR) is 74.3 cm³/mol. The van der Waals surface area contributed by atoms with Crippen molar-refractivity contribution in [1.29, 1.82) is 0 Å². The van der Waals surface area contributed by atoms with Gasteiger partial charge in [-0.2, -0.15) is 0 Å². The van der Waals surface area contributed by atoms with E-state index in [0.29, 0.717) is 0 Å². The third-order valence-corrected chi connectivity index (χ3v) is 3.85. The summed E-state index contributed by atoms with van der Waals surface area (Å²) in [5, 5.41) is 4.93. The van der Waals surface area contributed by atoms with Crippen LogP contribution < -0.4 is 9.88 Å². The molecule has 0 amide bonds. The standard InChI is InChI=1S/C12H8Cl2FNO3S/c13-9-5-7(1-3-11(9)15)19-12-4-2-8(6-10(12)14)20(16,17)18/h1-6H,(H2,16,17,18). The Morgan fingerprint density at radius 3 is 2.30 bits per heavy atom. The van der Waals surface area contributed by atoms with E-state index in [-0.39, 0.29) is 26.4 Å². The summed E-state index contributed by atoms with van der Waals surface area (Å²) in [6.07, 6.45) is 0. The fraction of sp³-hybridized carbons (Fsp3) is 0. The Kier molecular flexibility index (Phi) is 4.19. The van der Waals surface area contributed by atoms with Crippen molar-refractivity contribution in [2.24, 2.45) is 5.14 Å². The van der Waals surface area contributed by atoms with Crippen LogP contribution in [0.3, 0.4) is 0 Å². The lowest BCUT2D eigenvalue weighted by atomic mass is 10.3. The minimum atomic E-state index is -3.84. The molecule has 0 saturated heterocycles. The Balaban J connectivity index is 2.32. The highest BCUT2D eigenvalue weighted by molar-refractivity contribution is 7.89. The van der Waals surface area contributed by atoms with E-state index in [1.807, 2.05) is 0 Å². The topological polar surface area (TPSA) is 69.4 Å². The summed E-state index contributed by atoms with van der Waals surface area (Å²) in [5.74, 6) is -0.113. The number of halogens is 3. The van der Waals surface area contributed by atoms with Crippen LogP contribution in [0.4, 0.5) is 4.39 Å². The fourth-order valence-electron chi connectivity index (χ4n) is 1.41. The third kappa shape index (κ3) is 3.40. The van der Waals surface area contributed by atoms with Gasteiger partial charge in [-0.25, -0.2) is 17.9 Å². The molecule has 0 bridgehead atoms. The molecule has 0 aliphatic rings. The summed E-state index contributed by atoms with van der Waals surface area (Å²) < 4.78 is 40.7. The quantitative estimate of drug-likeness (QED) is 0.931. The minimum absolute atomic E-state index is 0.0528. The highest BCUT2D eigenvalue weighted by Crippen LogP contribution is 2.32. The van der Waals surface area contributed by atoms with E-state index >= 15 is 0 Å². The van der Waals surface area contributed by atoms with E-state index in [1.54, 1.807) is 0 Å². The first-order valence-corrected chi connectivity index (χ1v) is 7.53. The molecular weight excluding hydrogens is 328 g/mol. The first-order valence-electron chi connectivity index (χ1n) is 5.22. The van der Waals surface area contributed by atoms with E-state index in [9.17, 15) is 12.8 Å². The summed E-state index contributed by atoms with van der Waals surface area (Å²) in [5.41, 5.74) is 0. The highest BCUT2D eigenvalue weighted by Gasteiger charge is 2.12. The van der Waals surface area contributed by atoms with Gasteiger partial charge < -0.3 is 4.74 Å². The van der Waals surface area contributed by atoms with Crippen LogP contribution in [-0.4, -0.2) is 8.42 Å². The Morgan fingerprint density at radius 2 is 1.75 bits per heavy atom. The molecule has 0 saturated carbocycles. The van der Waals surface area contributed by atoms with Crippen LogP contribution in [0.2, 0.25) is 10.0 Å². The lowest BCUT2D eigenvalue weighted by Crippen LogP contribution is -2.11. The number of nitrogens with two attached hydrogens (primary N) is 1. The molecule has 0 aliphatic heterocycles. The van der Waals surface area contributed by atoms with E-state index in [0.717, 1.165) is 12.1 Å². The number of benzene rings is 2. The van der Waals surface area contributed by atoms with Gasteiger partial charge in [0.15, 0.2) is 0 Å². The van der Waals surface area contributed by atoms with Gasteiger partial charge in [-0.1, -0.05) is 23.2 Å². The van der Waals surface area contributed by atoms with Gasteiger partial charge in [0.05, 0.1) is 14.9 Å². The second-order valence-electron chi connectivity index (χ2n) is 3.82. The lowest BCUT2D eigenvalue weighted by molar-refractivity contribution is 0.480. The molecule has 4 nitrogen and oxygen atoms in total. The minimum Gasteiger partial charge on any atom is -0.456 e. The number of sulfonamides is 1. The summed E-state index contributed by atoms with van der Waals surface area (Å²) in [6, 6.07) is 7.55. The van der Waals surface area contributed by atoms with Crippen molar-refractivity contribution in [2.75, 3.05) is 0 Å². The molecule has 0 atom stereocenters. The van der Waals surface area contributed by atoms with Crippen LogP contribution >= 0.6 is 23.2 Å². The molecule has 2 aromatic carbocycles. The maximum atomic E-state index is 13.0. The summed E-state index contributed by atoms with van der Waals surface area (Å²) in [4.78, 5) is -0.132. The van der Waals surface area contributed by atoms with Crippen molar-refractivity contribution >= 4 is 33.2 Å². The van der Waals surface area contributed by atoms with Crippen LogP contribution in [0.1, 0.15) is 0 Å². The zero-order valence-corrected chi connectivity index (χ0v) is 12.1. The third-order valence-electron chi connectivity index (χ3n) is 2.35. The van der Waals surface area contributed by atoms with Crippen molar-refractivity contribution in [3.63, 3.8) is 0 Å². The van der Waals surface area contributed by atoms with Gasteiger partial charge in [-0.05, 0) is 30.3 Å². The van der Waals surface area contributed by atoms with Gasteiger partial charge in [-0.3, -0.25) is 0 Å². The fourth-order valence-corrected chi connectivity index (χ4v) is 2.40. The number of hydrogen-bond donors (Lipinski definition) is 1. The van der Waals surface area contributed by atoms with Crippen LogP contribution in [0.5, 0.6) is 11.5 Å². The molecular formula is C12H8Cl2FNO3S. The van der Waals surface area contributed by atoms with Crippen molar-refractivity contribution < 1.29 is 17.5 Å². The van der Waals surface area contributed by atoms with Crippen LogP contribution in [0.25, 0.3) is 0 Å². The molecule has 0 aliphatic carbocycles. The van der Waals surface area contributed by atoms with Gasteiger partial charge in [0.25, 0.3) is 0 Å². The normalized spacial score (nSPS) is 11.4. The van der Waals surface area contributed by atoms with Gasteiger partial charge >= 0.3 is 0 Å². The predicted octanol–water partition coefficient (Wildman–Crippen LogP) is 3.57. The second kappa shape index (κ2) is 5.57. The Bertz CT molecular complexity index is 765. The first kappa shape index (κ1) is 15.1. The number of ether oxygens (including phenoxy) is 1. The molecule has 2 N–H and O–H groups in total. The van der Waals surface area contributed by atoms with Crippen LogP contribution in [0, 0.1) is 5.82 Å². The summed E-state index contributed by atoms with van der Waals surface area (Å²) in [6.45, 7) is 0. The Hall–Kier alpha value is -1.34. The monoisotopic (exact) mass is 335 g/mol. The van der Waals surface area contributed by atoms with Crippen molar-refractivity contribution in [2.45, 2.75) is 4.90 Å². The molecule has 0 spiro atoms. The van der Waals surface area contributed by atoms with E-state index in [2.05, 4.69) is 0 Å². The maximum Gasteiger partial charge on any atom is 0.238 e. The average molecular weight is 336 g/mol. The zero-order chi connectivity index (χ0) is 14.9. The Labute approximate surface area is 124 Å². The second-order valence-corrected chi connectivity index (χ2v) is 6.19. The molecule has 2 aromatic rings. The van der Waals surface area contributed by atoms with E-state index < -0.39 is 15.8 Å². The van der Waals surface area contributed by atoms with Gasteiger partial charge in [-0.15, -0.1) is 0 Å². The van der Waals surface area contributed by atoms with Crippen molar-refractivity contribution in [1.82, 2.24) is 0 Å². The number of rotatable bonds is 3. The van der Waals surface area contributed by atoms with Gasteiger partial charge in [0.1, 0.15) is 17.3 Å². The van der Waals surface area contributed by atoms with Crippen molar-refractivity contribution in [3.8, 4) is 11.5 Å².